The molecule has 1 aliphatic heterocycles. The van der Waals surface area contributed by atoms with Crippen LogP contribution in [0.1, 0.15) is 45.1 Å². The van der Waals surface area contributed by atoms with E-state index in [1.807, 2.05) is 12.3 Å². The molecule has 0 spiro atoms. The maximum absolute atomic E-state index is 4.44. The quantitative estimate of drug-likeness (QED) is 0.849. The zero-order chi connectivity index (χ0) is 13.5. The fraction of sp³-hybridized carbons (Fsp3) is 0.688. The van der Waals surface area contributed by atoms with Crippen LogP contribution >= 0.6 is 0 Å². The van der Waals surface area contributed by atoms with E-state index >= 15 is 0 Å². The lowest BCUT2D eigenvalue weighted by molar-refractivity contribution is 0.172. The Labute approximate surface area is 117 Å². The average Bonchev–Trinajstić information content (AvgIpc) is 2.44. The molecule has 106 valence electrons. The predicted octanol–water partition coefficient (Wildman–Crippen LogP) is 3.53. The van der Waals surface area contributed by atoms with Crippen LogP contribution in [0, 0.1) is 5.92 Å². The smallest absolute Gasteiger partial charge is 0.130 e. The highest BCUT2D eigenvalue weighted by Crippen LogP contribution is 2.24. The Morgan fingerprint density at radius 1 is 1.32 bits per heavy atom. The van der Waals surface area contributed by atoms with E-state index in [1.54, 1.807) is 0 Å². The zero-order valence-electron chi connectivity index (χ0n) is 12.4. The van der Waals surface area contributed by atoms with Crippen LogP contribution in [-0.4, -0.2) is 29.5 Å². The van der Waals surface area contributed by atoms with Gasteiger partial charge in [0.2, 0.25) is 0 Å². The summed E-state index contributed by atoms with van der Waals surface area (Å²) in [5.74, 6) is 2.02. The molecule has 3 nitrogen and oxygen atoms in total. The summed E-state index contributed by atoms with van der Waals surface area (Å²) in [4.78, 5) is 7.01. The first-order valence-electron chi connectivity index (χ1n) is 7.73. The average molecular weight is 261 g/mol. The number of likely N-dealkylation sites (tertiary alicyclic amines) is 1. The van der Waals surface area contributed by atoms with Gasteiger partial charge in [0.1, 0.15) is 5.82 Å². The maximum Gasteiger partial charge on any atom is 0.130 e. The van der Waals surface area contributed by atoms with Gasteiger partial charge in [0, 0.05) is 24.8 Å². The van der Waals surface area contributed by atoms with Crippen LogP contribution in [-0.2, 0) is 6.54 Å². The van der Waals surface area contributed by atoms with Gasteiger partial charge in [0.05, 0.1) is 0 Å². The Kier molecular flexibility index (Phi) is 5.64. The molecule has 1 N–H and O–H groups in total. The van der Waals surface area contributed by atoms with E-state index in [0.29, 0.717) is 0 Å². The van der Waals surface area contributed by atoms with Gasteiger partial charge in [-0.2, -0.15) is 0 Å². The van der Waals surface area contributed by atoms with Crippen molar-refractivity contribution in [2.24, 2.45) is 5.92 Å². The van der Waals surface area contributed by atoms with Crippen LogP contribution in [0.25, 0.3) is 0 Å². The van der Waals surface area contributed by atoms with Crippen molar-refractivity contribution >= 4 is 5.82 Å². The molecular weight excluding hydrogens is 234 g/mol. The summed E-state index contributed by atoms with van der Waals surface area (Å²) in [6, 6.07) is 4.24. The standard InChI is InChI=1S/C16H27N3/c1-3-6-14-8-11-19(12-9-14)13-15-7-5-10-18-16(15)17-4-2/h5,7,10,14H,3-4,6,8-9,11-13H2,1-2H3,(H,17,18). The van der Waals surface area contributed by atoms with Crippen molar-refractivity contribution in [1.29, 1.82) is 0 Å². The van der Waals surface area contributed by atoms with Crippen molar-refractivity contribution < 1.29 is 0 Å². The van der Waals surface area contributed by atoms with E-state index in [0.717, 1.165) is 24.8 Å². The normalized spacial score (nSPS) is 17.6. The highest BCUT2D eigenvalue weighted by molar-refractivity contribution is 5.43. The van der Waals surface area contributed by atoms with Crippen molar-refractivity contribution in [2.75, 3.05) is 25.0 Å². The van der Waals surface area contributed by atoms with Crippen molar-refractivity contribution in [2.45, 2.75) is 46.1 Å². The molecule has 2 heterocycles. The number of hydrogen-bond acceptors (Lipinski definition) is 3. The minimum absolute atomic E-state index is 0.933. The molecule has 0 unspecified atom stereocenters. The largest absolute Gasteiger partial charge is 0.370 e. The van der Waals surface area contributed by atoms with Gasteiger partial charge in [-0.1, -0.05) is 25.8 Å². The Morgan fingerprint density at radius 2 is 2.11 bits per heavy atom. The first-order chi connectivity index (χ1) is 9.33. The summed E-state index contributed by atoms with van der Waals surface area (Å²) >= 11 is 0. The Bertz CT molecular complexity index is 370. The molecular formula is C16H27N3. The fourth-order valence-corrected chi connectivity index (χ4v) is 2.98. The number of aromatic nitrogens is 1. The monoisotopic (exact) mass is 261 g/mol. The van der Waals surface area contributed by atoms with E-state index in [-0.39, 0.29) is 0 Å². The molecule has 1 fully saturated rings. The van der Waals surface area contributed by atoms with Gasteiger partial charge >= 0.3 is 0 Å². The summed E-state index contributed by atoms with van der Waals surface area (Å²) in [7, 11) is 0. The van der Waals surface area contributed by atoms with E-state index in [1.165, 1.54) is 44.3 Å². The topological polar surface area (TPSA) is 28.2 Å². The Hall–Kier alpha value is -1.09. The third-order valence-electron chi connectivity index (χ3n) is 4.03. The minimum Gasteiger partial charge on any atom is -0.370 e. The second-order valence-electron chi connectivity index (χ2n) is 5.55. The van der Waals surface area contributed by atoms with E-state index < -0.39 is 0 Å². The Balaban J connectivity index is 1.88. The van der Waals surface area contributed by atoms with Gasteiger partial charge in [0.25, 0.3) is 0 Å². The van der Waals surface area contributed by atoms with Gasteiger partial charge in [0.15, 0.2) is 0 Å². The van der Waals surface area contributed by atoms with Crippen LogP contribution in [0.5, 0.6) is 0 Å². The van der Waals surface area contributed by atoms with Crippen LogP contribution < -0.4 is 5.32 Å². The molecule has 1 saturated heterocycles. The van der Waals surface area contributed by atoms with Crippen LogP contribution in [0.15, 0.2) is 18.3 Å². The third kappa shape index (κ3) is 4.20. The van der Waals surface area contributed by atoms with Gasteiger partial charge in [-0.05, 0) is 44.8 Å². The van der Waals surface area contributed by atoms with Gasteiger partial charge < -0.3 is 5.32 Å². The van der Waals surface area contributed by atoms with Crippen molar-refractivity contribution in [1.82, 2.24) is 9.88 Å². The molecule has 0 bridgehead atoms. The second kappa shape index (κ2) is 7.49. The number of hydrogen-bond donors (Lipinski definition) is 1. The van der Waals surface area contributed by atoms with E-state index in [4.69, 9.17) is 0 Å². The number of rotatable bonds is 6. The number of piperidine rings is 1. The molecule has 1 aromatic heterocycles. The highest BCUT2D eigenvalue weighted by atomic mass is 15.1. The molecule has 1 aromatic rings. The summed E-state index contributed by atoms with van der Waals surface area (Å²) in [5.41, 5.74) is 1.33. The second-order valence-corrected chi connectivity index (χ2v) is 5.55. The van der Waals surface area contributed by atoms with Crippen molar-refractivity contribution in [3.8, 4) is 0 Å². The molecule has 2 rings (SSSR count). The van der Waals surface area contributed by atoms with Crippen molar-refractivity contribution in [3.63, 3.8) is 0 Å². The summed E-state index contributed by atoms with van der Waals surface area (Å²) in [6.45, 7) is 8.87. The lowest BCUT2D eigenvalue weighted by Gasteiger charge is -2.32. The molecule has 19 heavy (non-hydrogen) atoms. The van der Waals surface area contributed by atoms with Gasteiger partial charge in [-0.3, -0.25) is 4.90 Å². The molecule has 0 aromatic carbocycles. The predicted molar refractivity (Wildman–Crippen MR) is 81.3 cm³/mol. The molecule has 0 aliphatic carbocycles. The summed E-state index contributed by atoms with van der Waals surface area (Å²) in [5, 5.41) is 3.36. The van der Waals surface area contributed by atoms with Crippen molar-refractivity contribution in [3.05, 3.63) is 23.9 Å². The zero-order valence-corrected chi connectivity index (χ0v) is 12.4. The molecule has 0 atom stereocenters. The number of nitrogens with one attached hydrogen (secondary N) is 1. The highest BCUT2D eigenvalue weighted by Gasteiger charge is 2.19. The number of nitrogens with zero attached hydrogens (tertiary/aromatic N) is 2. The van der Waals surface area contributed by atoms with E-state index in [9.17, 15) is 0 Å². The lowest BCUT2D eigenvalue weighted by Crippen LogP contribution is -2.33. The molecule has 3 heteroatoms. The van der Waals surface area contributed by atoms with Crippen LogP contribution in [0.4, 0.5) is 5.82 Å². The number of anilines is 1. The number of pyridine rings is 1. The fourth-order valence-electron chi connectivity index (χ4n) is 2.98. The van der Waals surface area contributed by atoms with Gasteiger partial charge in [-0.15, -0.1) is 0 Å². The van der Waals surface area contributed by atoms with E-state index in [2.05, 4.69) is 35.1 Å². The SMILES string of the molecule is CCCC1CCN(Cc2cccnc2NCC)CC1. The third-order valence-corrected chi connectivity index (χ3v) is 4.03. The maximum atomic E-state index is 4.44. The first-order valence-corrected chi connectivity index (χ1v) is 7.73. The molecule has 1 aliphatic rings. The van der Waals surface area contributed by atoms with Gasteiger partial charge in [-0.25, -0.2) is 4.98 Å². The lowest BCUT2D eigenvalue weighted by atomic mass is 9.92. The molecule has 0 radical (unpaired) electrons. The molecule has 0 saturated carbocycles. The summed E-state index contributed by atoms with van der Waals surface area (Å²) in [6.07, 6.45) is 7.34. The molecule has 0 amide bonds. The van der Waals surface area contributed by atoms with Crippen LogP contribution in [0.3, 0.4) is 0 Å². The minimum atomic E-state index is 0.933. The first kappa shape index (κ1) is 14.3. The summed E-state index contributed by atoms with van der Waals surface area (Å²) < 4.78 is 0. The van der Waals surface area contributed by atoms with Crippen LogP contribution in [0.2, 0.25) is 0 Å². The Morgan fingerprint density at radius 3 is 2.79 bits per heavy atom.